The molecule has 1 atom stereocenters. The smallest absolute Gasteiger partial charge is 0.272 e. The second kappa shape index (κ2) is 7.27. The van der Waals surface area contributed by atoms with Crippen molar-refractivity contribution in [2.75, 3.05) is 6.54 Å². The van der Waals surface area contributed by atoms with Crippen molar-refractivity contribution in [2.45, 2.75) is 32.2 Å². The fraction of sp³-hybridized carbons (Fsp3) is 0.375. The van der Waals surface area contributed by atoms with Crippen LogP contribution in [0.15, 0.2) is 18.2 Å². The average molecular weight is 357 g/mol. The van der Waals surface area contributed by atoms with Crippen molar-refractivity contribution in [1.82, 2.24) is 15.1 Å². The van der Waals surface area contributed by atoms with E-state index >= 15 is 0 Å². The van der Waals surface area contributed by atoms with Gasteiger partial charge in [0.25, 0.3) is 5.91 Å². The maximum absolute atomic E-state index is 13.5. The molecule has 1 aliphatic rings. The highest BCUT2D eigenvalue weighted by Gasteiger charge is 2.27. The van der Waals surface area contributed by atoms with Gasteiger partial charge in [-0.15, -0.1) is 12.4 Å². The van der Waals surface area contributed by atoms with E-state index in [0.29, 0.717) is 17.9 Å². The Hall–Kier alpha value is -1.99. The molecular weight excluding hydrogens is 338 g/mol. The molecule has 1 aliphatic carbocycles. The molecule has 1 aromatic carbocycles. The maximum Gasteiger partial charge on any atom is 0.272 e. The van der Waals surface area contributed by atoms with Crippen LogP contribution in [0, 0.1) is 11.6 Å². The molecule has 0 fully saturated rings. The molecule has 0 unspecified atom stereocenters. The van der Waals surface area contributed by atoms with Gasteiger partial charge in [0.2, 0.25) is 0 Å². The predicted molar refractivity (Wildman–Crippen MR) is 88.7 cm³/mol. The summed E-state index contributed by atoms with van der Waals surface area (Å²) in [7, 11) is 0. The van der Waals surface area contributed by atoms with Crippen LogP contribution in [-0.4, -0.2) is 28.3 Å². The normalized spacial score (nSPS) is 14.0. The standard InChI is InChI=1S/C16H18F2N4O.ClH/c1-9(8-19)20-16(23)15-11-3-2-4-14(11)22(21-15)10-5-6-12(17)13(18)7-10;/h5-7,9H,2-4,8,19H2,1H3,(H,20,23);1H/t9-;/m0./s1. The van der Waals surface area contributed by atoms with E-state index in [2.05, 4.69) is 10.4 Å². The first-order valence-electron chi connectivity index (χ1n) is 7.58. The van der Waals surface area contributed by atoms with Gasteiger partial charge in [-0.1, -0.05) is 0 Å². The lowest BCUT2D eigenvalue weighted by atomic mass is 10.2. The lowest BCUT2D eigenvalue weighted by Crippen LogP contribution is -2.38. The molecule has 5 nitrogen and oxygen atoms in total. The average Bonchev–Trinajstić information content (AvgIpc) is 3.12. The molecule has 0 spiro atoms. The van der Waals surface area contributed by atoms with Crippen molar-refractivity contribution in [1.29, 1.82) is 0 Å². The Morgan fingerprint density at radius 2 is 2.12 bits per heavy atom. The molecule has 1 heterocycles. The molecule has 24 heavy (non-hydrogen) atoms. The Morgan fingerprint density at radius 1 is 1.38 bits per heavy atom. The second-order valence-corrected chi connectivity index (χ2v) is 5.75. The summed E-state index contributed by atoms with van der Waals surface area (Å²) >= 11 is 0. The van der Waals surface area contributed by atoms with Gasteiger partial charge in [0.15, 0.2) is 17.3 Å². The van der Waals surface area contributed by atoms with Crippen LogP contribution in [0.1, 0.15) is 35.1 Å². The van der Waals surface area contributed by atoms with E-state index < -0.39 is 11.6 Å². The highest BCUT2D eigenvalue weighted by atomic mass is 35.5. The monoisotopic (exact) mass is 356 g/mol. The van der Waals surface area contributed by atoms with Crippen LogP contribution in [0.25, 0.3) is 5.69 Å². The minimum atomic E-state index is -0.937. The first kappa shape index (κ1) is 18.4. The molecule has 0 aliphatic heterocycles. The van der Waals surface area contributed by atoms with Gasteiger partial charge in [0.1, 0.15) is 0 Å². The highest BCUT2D eigenvalue weighted by Crippen LogP contribution is 2.28. The molecule has 8 heteroatoms. The zero-order valence-corrected chi connectivity index (χ0v) is 14.0. The van der Waals surface area contributed by atoms with Gasteiger partial charge in [0, 0.05) is 29.9 Å². The van der Waals surface area contributed by atoms with Crippen LogP contribution in [0.5, 0.6) is 0 Å². The summed E-state index contributed by atoms with van der Waals surface area (Å²) in [6, 6.07) is 3.44. The molecule has 3 rings (SSSR count). The molecular formula is C16H19ClF2N4O. The van der Waals surface area contributed by atoms with E-state index in [4.69, 9.17) is 5.73 Å². The van der Waals surface area contributed by atoms with Crippen molar-refractivity contribution < 1.29 is 13.6 Å². The minimum absolute atomic E-state index is 0. The number of halogens is 3. The molecule has 0 bridgehead atoms. The van der Waals surface area contributed by atoms with Gasteiger partial charge in [-0.25, -0.2) is 13.5 Å². The number of nitrogens with zero attached hydrogens (tertiary/aromatic N) is 2. The second-order valence-electron chi connectivity index (χ2n) is 5.75. The van der Waals surface area contributed by atoms with E-state index in [0.717, 1.165) is 42.7 Å². The molecule has 3 N–H and O–H groups in total. The Kier molecular flexibility index (Phi) is 5.56. The van der Waals surface area contributed by atoms with Gasteiger partial charge in [-0.05, 0) is 38.3 Å². The summed E-state index contributed by atoms with van der Waals surface area (Å²) in [5.41, 5.74) is 8.01. The molecule has 130 valence electrons. The van der Waals surface area contributed by atoms with Crippen LogP contribution in [0.4, 0.5) is 8.78 Å². The molecule has 2 aromatic rings. The third-order valence-electron chi connectivity index (χ3n) is 4.02. The Balaban J connectivity index is 0.00000208. The number of amides is 1. The van der Waals surface area contributed by atoms with Gasteiger partial charge < -0.3 is 11.1 Å². The van der Waals surface area contributed by atoms with E-state index in [-0.39, 0.29) is 24.4 Å². The predicted octanol–water partition coefficient (Wildman–Crippen LogP) is 2.14. The molecule has 1 aromatic heterocycles. The summed E-state index contributed by atoms with van der Waals surface area (Å²) in [6.07, 6.45) is 2.41. The Bertz CT molecular complexity index is 763. The summed E-state index contributed by atoms with van der Waals surface area (Å²) < 4.78 is 28.1. The fourth-order valence-corrected chi connectivity index (χ4v) is 2.80. The topological polar surface area (TPSA) is 72.9 Å². The lowest BCUT2D eigenvalue weighted by Gasteiger charge is -2.10. The summed E-state index contributed by atoms with van der Waals surface area (Å²) in [4.78, 5) is 12.4. The van der Waals surface area contributed by atoms with Gasteiger partial charge in [0.05, 0.1) is 5.69 Å². The van der Waals surface area contributed by atoms with Crippen LogP contribution < -0.4 is 11.1 Å². The van der Waals surface area contributed by atoms with Crippen LogP contribution in [0.3, 0.4) is 0 Å². The zero-order chi connectivity index (χ0) is 16.6. The third-order valence-corrected chi connectivity index (χ3v) is 4.02. The molecule has 0 saturated heterocycles. The largest absolute Gasteiger partial charge is 0.347 e. The lowest BCUT2D eigenvalue weighted by molar-refractivity contribution is 0.0935. The van der Waals surface area contributed by atoms with E-state index in [9.17, 15) is 13.6 Å². The summed E-state index contributed by atoms with van der Waals surface area (Å²) in [5.74, 6) is -2.14. The first-order chi connectivity index (χ1) is 11.0. The fourth-order valence-electron chi connectivity index (χ4n) is 2.80. The molecule has 0 saturated carbocycles. The van der Waals surface area contributed by atoms with E-state index in [1.807, 2.05) is 6.92 Å². The van der Waals surface area contributed by atoms with Crippen LogP contribution in [-0.2, 0) is 12.8 Å². The number of rotatable bonds is 4. The van der Waals surface area contributed by atoms with Crippen molar-refractivity contribution in [2.24, 2.45) is 5.73 Å². The Morgan fingerprint density at radius 3 is 2.79 bits per heavy atom. The highest BCUT2D eigenvalue weighted by molar-refractivity contribution is 5.94. The van der Waals surface area contributed by atoms with Crippen molar-refractivity contribution in [3.05, 3.63) is 46.8 Å². The van der Waals surface area contributed by atoms with Gasteiger partial charge >= 0.3 is 0 Å². The summed E-state index contributed by atoms with van der Waals surface area (Å²) in [5, 5.41) is 7.12. The SMILES string of the molecule is C[C@@H](CN)NC(=O)c1nn(-c2ccc(F)c(F)c2)c2c1CCC2.Cl. The maximum atomic E-state index is 13.5. The van der Waals surface area contributed by atoms with Gasteiger partial charge in [-0.2, -0.15) is 5.10 Å². The number of hydrogen-bond acceptors (Lipinski definition) is 3. The minimum Gasteiger partial charge on any atom is -0.347 e. The Labute approximate surface area is 144 Å². The van der Waals surface area contributed by atoms with E-state index in [1.165, 1.54) is 10.7 Å². The number of nitrogens with two attached hydrogens (primary N) is 1. The number of carbonyl (C=O) groups excluding carboxylic acids is 1. The number of aromatic nitrogens is 2. The van der Waals surface area contributed by atoms with Crippen LogP contribution >= 0.6 is 12.4 Å². The van der Waals surface area contributed by atoms with Gasteiger partial charge in [-0.3, -0.25) is 4.79 Å². The number of carbonyl (C=O) groups is 1. The van der Waals surface area contributed by atoms with E-state index in [1.54, 1.807) is 0 Å². The number of fused-ring (bicyclic) bond motifs is 1. The summed E-state index contributed by atoms with van der Waals surface area (Å²) in [6.45, 7) is 2.14. The van der Waals surface area contributed by atoms with Crippen molar-refractivity contribution in [3.63, 3.8) is 0 Å². The van der Waals surface area contributed by atoms with Crippen LogP contribution in [0.2, 0.25) is 0 Å². The number of hydrogen-bond donors (Lipinski definition) is 2. The zero-order valence-electron chi connectivity index (χ0n) is 13.2. The third kappa shape index (κ3) is 3.27. The molecule has 0 radical (unpaired) electrons. The first-order valence-corrected chi connectivity index (χ1v) is 7.58. The van der Waals surface area contributed by atoms with Crippen molar-refractivity contribution in [3.8, 4) is 5.69 Å². The number of nitrogens with one attached hydrogen (secondary N) is 1. The quantitative estimate of drug-likeness (QED) is 0.881. The molecule has 1 amide bonds. The van der Waals surface area contributed by atoms with Crippen molar-refractivity contribution >= 4 is 18.3 Å². The number of benzene rings is 1.